The van der Waals surface area contributed by atoms with Crippen LogP contribution in [0.2, 0.25) is 0 Å². The molecule has 2 heteroatoms. The Kier molecular flexibility index (Phi) is 3.88. The number of benzene rings is 2. The van der Waals surface area contributed by atoms with Crippen molar-refractivity contribution in [2.45, 2.75) is 20.3 Å². The minimum absolute atomic E-state index is 0.306. The van der Waals surface area contributed by atoms with E-state index in [0.29, 0.717) is 15.0 Å². The van der Waals surface area contributed by atoms with Gasteiger partial charge < -0.3 is 0 Å². The monoisotopic (exact) mass is 291 g/mol. The fourth-order valence-corrected chi connectivity index (χ4v) is 3.79. The first kappa shape index (κ1) is 12.2. The first-order chi connectivity index (χ1) is 8.20. The summed E-state index contributed by atoms with van der Waals surface area (Å²) in [5.74, 6) is 0. The Morgan fingerprint density at radius 1 is 1.06 bits per heavy atom. The van der Waals surface area contributed by atoms with Crippen LogP contribution in [0.5, 0.6) is 0 Å². The first-order valence-corrected chi connectivity index (χ1v) is 7.54. The van der Waals surface area contributed by atoms with E-state index in [0.717, 1.165) is 12.1 Å². The van der Waals surface area contributed by atoms with Crippen molar-refractivity contribution in [3.63, 3.8) is 0 Å². The molecule has 0 heterocycles. The van der Waals surface area contributed by atoms with Crippen molar-refractivity contribution in [1.29, 1.82) is 0 Å². The molecule has 0 aliphatic carbocycles. The predicted octanol–water partition coefficient (Wildman–Crippen LogP) is 1.79. The summed E-state index contributed by atoms with van der Waals surface area (Å²) in [7, 11) is 0. The first-order valence-electron chi connectivity index (χ1n) is 5.82. The molecule has 2 aromatic carbocycles. The van der Waals surface area contributed by atoms with Crippen molar-refractivity contribution < 1.29 is 0 Å². The average molecular weight is 290 g/mol. The third kappa shape index (κ3) is 2.91. The molecule has 0 aliphatic heterocycles. The molecule has 0 atom stereocenters. The second-order valence-corrected chi connectivity index (χ2v) is 6.37. The number of hydrogen-bond acceptors (Lipinski definition) is 1. The van der Waals surface area contributed by atoms with Crippen LogP contribution in [0.3, 0.4) is 0 Å². The molecule has 2 N–H and O–H groups in total. The molecule has 0 saturated heterocycles. The van der Waals surface area contributed by atoms with Gasteiger partial charge in [0.1, 0.15) is 0 Å². The molecule has 0 radical (unpaired) electrons. The van der Waals surface area contributed by atoms with E-state index in [2.05, 4.69) is 50.2 Å². The molecular weight excluding hydrogens is 273 g/mol. The fourth-order valence-electron chi connectivity index (χ4n) is 1.68. The normalized spacial score (nSPS) is 10.5. The van der Waals surface area contributed by atoms with Crippen LogP contribution in [0.1, 0.15) is 18.1 Å². The van der Waals surface area contributed by atoms with Gasteiger partial charge in [-0.3, -0.25) is 0 Å². The second-order valence-electron chi connectivity index (χ2n) is 4.09. The van der Waals surface area contributed by atoms with E-state index in [1.807, 2.05) is 6.07 Å². The molecule has 0 aromatic heterocycles. The van der Waals surface area contributed by atoms with Crippen molar-refractivity contribution in [3.05, 3.63) is 53.6 Å². The van der Waals surface area contributed by atoms with Gasteiger partial charge in [0.15, 0.2) is 0 Å². The van der Waals surface area contributed by atoms with E-state index in [1.54, 1.807) is 0 Å². The van der Waals surface area contributed by atoms with E-state index < -0.39 is 0 Å². The van der Waals surface area contributed by atoms with Crippen molar-refractivity contribution in [2.24, 2.45) is 0 Å². The molecule has 0 spiro atoms. The molecule has 2 rings (SSSR count). The maximum absolute atomic E-state index is 6.06. The molecule has 17 heavy (non-hydrogen) atoms. The predicted molar refractivity (Wildman–Crippen MR) is 76.4 cm³/mol. The van der Waals surface area contributed by atoms with Gasteiger partial charge in [-0.05, 0) is 0 Å². The maximum atomic E-state index is 6.06. The molecule has 0 unspecified atom stereocenters. The third-order valence-corrected chi connectivity index (χ3v) is 5.43. The van der Waals surface area contributed by atoms with Crippen LogP contribution in [0.15, 0.2) is 42.5 Å². The summed E-state index contributed by atoms with van der Waals surface area (Å²) in [6.45, 7) is 4.34. The van der Waals surface area contributed by atoms with Crippen LogP contribution in [-0.4, -0.2) is 15.0 Å². The molecule has 0 aliphatic rings. The molecule has 0 amide bonds. The van der Waals surface area contributed by atoms with E-state index in [-0.39, 0.29) is 0 Å². The quantitative estimate of drug-likeness (QED) is 0.677. The van der Waals surface area contributed by atoms with Crippen LogP contribution in [0.25, 0.3) is 0 Å². The summed E-state index contributed by atoms with van der Waals surface area (Å²) in [5.41, 5.74) is 9.70. The summed E-state index contributed by atoms with van der Waals surface area (Å²) in [5, 5.41) is 0. The van der Waals surface area contributed by atoms with Crippen LogP contribution in [-0.2, 0) is 6.42 Å². The van der Waals surface area contributed by atoms with Gasteiger partial charge in [-0.1, -0.05) is 0 Å². The SMILES string of the molecule is CCc1ccc(N)c([Se]c2ccccc2C)c1. The molecule has 2 aromatic rings. The Morgan fingerprint density at radius 3 is 2.53 bits per heavy atom. The number of anilines is 1. The van der Waals surface area contributed by atoms with Crippen LogP contribution < -0.4 is 14.7 Å². The van der Waals surface area contributed by atoms with Gasteiger partial charge in [-0.15, -0.1) is 0 Å². The number of nitrogen functional groups attached to an aromatic ring is 1. The van der Waals surface area contributed by atoms with E-state index in [4.69, 9.17) is 5.73 Å². The summed E-state index contributed by atoms with van der Waals surface area (Å²) >= 11 is 0.306. The molecule has 1 nitrogen and oxygen atoms in total. The number of aryl methyl sites for hydroxylation is 2. The minimum atomic E-state index is 0.306. The van der Waals surface area contributed by atoms with Crippen molar-refractivity contribution >= 4 is 29.6 Å². The Morgan fingerprint density at radius 2 is 1.82 bits per heavy atom. The van der Waals surface area contributed by atoms with Crippen LogP contribution >= 0.6 is 0 Å². The van der Waals surface area contributed by atoms with E-state index in [9.17, 15) is 0 Å². The van der Waals surface area contributed by atoms with Crippen molar-refractivity contribution in [2.75, 3.05) is 5.73 Å². The van der Waals surface area contributed by atoms with E-state index >= 15 is 0 Å². The zero-order valence-corrected chi connectivity index (χ0v) is 11.9. The zero-order chi connectivity index (χ0) is 12.3. The standard InChI is InChI=1S/C15H17NSe/c1-3-12-8-9-13(16)15(10-12)17-14-7-5-4-6-11(14)2/h4-10H,3,16H2,1-2H3. The molecule has 0 bridgehead atoms. The summed E-state index contributed by atoms with van der Waals surface area (Å²) in [6.07, 6.45) is 1.07. The average Bonchev–Trinajstić information content (AvgIpc) is 2.35. The number of rotatable bonds is 3. The van der Waals surface area contributed by atoms with Gasteiger partial charge in [-0.2, -0.15) is 0 Å². The van der Waals surface area contributed by atoms with Gasteiger partial charge >= 0.3 is 109 Å². The number of hydrogen-bond donors (Lipinski definition) is 1. The molecule has 0 saturated carbocycles. The fraction of sp³-hybridized carbons (Fsp3) is 0.200. The van der Waals surface area contributed by atoms with Gasteiger partial charge in [0.25, 0.3) is 0 Å². The third-order valence-electron chi connectivity index (χ3n) is 2.80. The van der Waals surface area contributed by atoms with Gasteiger partial charge in [-0.25, -0.2) is 0 Å². The Labute approximate surface area is 109 Å². The van der Waals surface area contributed by atoms with Crippen LogP contribution in [0, 0.1) is 6.92 Å². The van der Waals surface area contributed by atoms with Gasteiger partial charge in [0, 0.05) is 0 Å². The van der Waals surface area contributed by atoms with E-state index in [1.165, 1.54) is 20.1 Å². The topological polar surface area (TPSA) is 26.0 Å². The zero-order valence-electron chi connectivity index (χ0n) is 10.2. The Balaban J connectivity index is 2.32. The van der Waals surface area contributed by atoms with Crippen LogP contribution in [0.4, 0.5) is 5.69 Å². The Hall–Kier alpha value is -1.24. The second kappa shape index (κ2) is 5.39. The number of nitrogens with two attached hydrogens (primary N) is 1. The summed E-state index contributed by atoms with van der Waals surface area (Å²) in [4.78, 5) is 0. The van der Waals surface area contributed by atoms with Crippen molar-refractivity contribution in [1.82, 2.24) is 0 Å². The summed E-state index contributed by atoms with van der Waals surface area (Å²) in [6, 6.07) is 15.0. The molecule has 88 valence electrons. The van der Waals surface area contributed by atoms with Gasteiger partial charge in [0.2, 0.25) is 0 Å². The Bertz CT molecular complexity index is 520. The van der Waals surface area contributed by atoms with Crippen molar-refractivity contribution in [3.8, 4) is 0 Å². The molecular formula is C15H17NSe. The van der Waals surface area contributed by atoms with Gasteiger partial charge in [0.05, 0.1) is 0 Å². The molecule has 0 fully saturated rings. The summed E-state index contributed by atoms with van der Waals surface area (Å²) < 4.78 is 2.71.